The van der Waals surface area contributed by atoms with E-state index < -0.39 is 11.7 Å². The number of rotatable bonds is 4. The maximum absolute atomic E-state index is 13.7. The van der Waals surface area contributed by atoms with Crippen LogP contribution in [0.2, 0.25) is 0 Å². The van der Waals surface area contributed by atoms with Crippen molar-refractivity contribution in [2.24, 2.45) is 0 Å². The SMILES string of the molecule is O=C(Nc1ccccc1F)c1cnc2c(cnn2Cc2ccccc2)c1. The number of para-hydroxylation sites is 1. The molecule has 0 saturated carbocycles. The smallest absolute Gasteiger partial charge is 0.257 e. The van der Waals surface area contributed by atoms with Gasteiger partial charge in [-0.1, -0.05) is 42.5 Å². The Balaban J connectivity index is 1.58. The standard InChI is InChI=1S/C20H15FN4O/c21-17-8-4-5-9-18(17)24-20(26)16-10-15-12-23-25(19(15)22-11-16)13-14-6-2-1-3-7-14/h1-12H,13H2,(H,24,26). The van der Waals surface area contributed by atoms with E-state index in [9.17, 15) is 9.18 Å². The second-order valence-electron chi connectivity index (χ2n) is 5.86. The van der Waals surface area contributed by atoms with Crippen LogP contribution in [-0.4, -0.2) is 20.7 Å². The van der Waals surface area contributed by atoms with Gasteiger partial charge in [-0.3, -0.25) is 4.79 Å². The van der Waals surface area contributed by atoms with E-state index in [1.54, 1.807) is 29.1 Å². The monoisotopic (exact) mass is 346 g/mol. The third-order valence-corrected chi connectivity index (χ3v) is 4.04. The highest BCUT2D eigenvalue weighted by molar-refractivity contribution is 6.05. The molecule has 1 N–H and O–H groups in total. The number of nitrogens with zero attached hydrogens (tertiary/aromatic N) is 3. The summed E-state index contributed by atoms with van der Waals surface area (Å²) in [4.78, 5) is 16.7. The maximum Gasteiger partial charge on any atom is 0.257 e. The van der Waals surface area contributed by atoms with E-state index in [1.165, 1.54) is 18.3 Å². The fourth-order valence-corrected chi connectivity index (χ4v) is 2.73. The van der Waals surface area contributed by atoms with Crippen LogP contribution in [0.4, 0.5) is 10.1 Å². The zero-order valence-corrected chi connectivity index (χ0v) is 13.8. The predicted octanol–water partition coefficient (Wildman–Crippen LogP) is 3.87. The van der Waals surface area contributed by atoms with Gasteiger partial charge in [-0.15, -0.1) is 0 Å². The molecule has 6 heteroatoms. The van der Waals surface area contributed by atoms with E-state index in [2.05, 4.69) is 15.4 Å². The Hall–Kier alpha value is -3.54. The number of anilines is 1. The Kier molecular flexibility index (Phi) is 4.15. The second-order valence-corrected chi connectivity index (χ2v) is 5.86. The highest BCUT2D eigenvalue weighted by atomic mass is 19.1. The average molecular weight is 346 g/mol. The molecule has 0 bridgehead atoms. The average Bonchev–Trinajstić information content (AvgIpc) is 3.06. The van der Waals surface area contributed by atoms with Crippen molar-refractivity contribution in [2.45, 2.75) is 6.54 Å². The molecule has 128 valence electrons. The van der Waals surface area contributed by atoms with Crippen LogP contribution in [0, 0.1) is 5.82 Å². The number of halogens is 1. The van der Waals surface area contributed by atoms with Gasteiger partial charge in [-0.05, 0) is 23.8 Å². The molecule has 0 aliphatic heterocycles. The normalized spacial score (nSPS) is 10.8. The van der Waals surface area contributed by atoms with Gasteiger partial charge in [0.1, 0.15) is 5.82 Å². The van der Waals surface area contributed by atoms with E-state index in [0.717, 1.165) is 10.9 Å². The predicted molar refractivity (Wildman–Crippen MR) is 97.4 cm³/mol. The van der Waals surface area contributed by atoms with E-state index in [-0.39, 0.29) is 5.69 Å². The van der Waals surface area contributed by atoms with Gasteiger partial charge in [0.25, 0.3) is 5.91 Å². The third-order valence-electron chi connectivity index (χ3n) is 4.04. The van der Waals surface area contributed by atoms with Crippen LogP contribution >= 0.6 is 0 Å². The molecular formula is C20H15FN4O. The van der Waals surface area contributed by atoms with E-state index in [1.807, 2.05) is 30.3 Å². The summed E-state index contributed by atoms with van der Waals surface area (Å²) in [6, 6.07) is 17.7. The van der Waals surface area contributed by atoms with Gasteiger partial charge in [0, 0.05) is 11.6 Å². The molecule has 0 aliphatic rings. The molecule has 4 aromatic rings. The molecule has 0 aliphatic carbocycles. The van der Waals surface area contributed by atoms with Crippen molar-refractivity contribution < 1.29 is 9.18 Å². The van der Waals surface area contributed by atoms with Crippen molar-refractivity contribution in [2.75, 3.05) is 5.32 Å². The zero-order chi connectivity index (χ0) is 17.9. The van der Waals surface area contributed by atoms with Crippen molar-refractivity contribution in [3.05, 3.63) is 90.0 Å². The van der Waals surface area contributed by atoms with E-state index in [0.29, 0.717) is 17.8 Å². The largest absolute Gasteiger partial charge is 0.319 e. The molecule has 0 atom stereocenters. The molecule has 5 nitrogen and oxygen atoms in total. The molecule has 1 amide bonds. The molecule has 2 aromatic heterocycles. The summed E-state index contributed by atoms with van der Waals surface area (Å²) >= 11 is 0. The van der Waals surface area contributed by atoms with Crippen LogP contribution in [0.5, 0.6) is 0 Å². The van der Waals surface area contributed by atoms with Gasteiger partial charge >= 0.3 is 0 Å². The van der Waals surface area contributed by atoms with Crippen molar-refractivity contribution in [1.29, 1.82) is 0 Å². The first-order chi connectivity index (χ1) is 12.7. The Morgan fingerprint density at radius 2 is 1.81 bits per heavy atom. The highest BCUT2D eigenvalue weighted by Crippen LogP contribution is 2.17. The molecule has 0 spiro atoms. The van der Waals surface area contributed by atoms with Crippen LogP contribution in [-0.2, 0) is 6.54 Å². The summed E-state index contributed by atoms with van der Waals surface area (Å²) in [5.74, 6) is -0.897. The van der Waals surface area contributed by atoms with Crippen LogP contribution in [0.15, 0.2) is 73.1 Å². The van der Waals surface area contributed by atoms with Crippen molar-refractivity contribution >= 4 is 22.6 Å². The molecule has 26 heavy (non-hydrogen) atoms. The van der Waals surface area contributed by atoms with Gasteiger partial charge in [0.15, 0.2) is 5.65 Å². The summed E-state index contributed by atoms with van der Waals surface area (Å²) in [6.45, 7) is 0.595. The fourth-order valence-electron chi connectivity index (χ4n) is 2.73. The summed E-state index contributed by atoms with van der Waals surface area (Å²) in [5.41, 5.74) is 2.29. The van der Waals surface area contributed by atoms with Crippen LogP contribution in [0.25, 0.3) is 11.0 Å². The van der Waals surface area contributed by atoms with Gasteiger partial charge in [0.05, 0.1) is 24.0 Å². The zero-order valence-electron chi connectivity index (χ0n) is 13.8. The molecule has 2 aromatic carbocycles. The Bertz CT molecular complexity index is 1080. The van der Waals surface area contributed by atoms with E-state index in [4.69, 9.17) is 0 Å². The van der Waals surface area contributed by atoms with E-state index >= 15 is 0 Å². The summed E-state index contributed by atoms with van der Waals surface area (Å²) in [5, 5.41) is 7.66. The molecule has 0 unspecified atom stereocenters. The number of hydrogen-bond acceptors (Lipinski definition) is 3. The fraction of sp³-hybridized carbons (Fsp3) is 0.0500. The number of amides is 1. The highest BCUT2D eigenvalue weighted by Gasteiger charge is 2.12. The maximum atomic E-state index is 13.7. The Morgan fingerprint density at radius 3 is 2.62 bits per heavy atom. The number of carbonyl (C=O) groups is 1. The number of fused-ring (bicyclic) bond motifs is 1. The summed E-state index contributed by atoms with van der Waals surface area (Å²) < 4.78 is 15.5. The molecule has 0 saturated heterocycles. The summed E-state index contributed by atoms with van der Waals surface area (Å²) in [6.07, 6.45) is 3.15. The van der Waals surface area contributed by atoms with Crippen LogP contribution < -0.4 is 5.32 Å². The summed E-state index contributed by atoms with van der Waals surface area (Å²) in [7, 11) is 0. The molecule has 4 rings (SSSR count). The first-order valence-corrected chi connectivity index (χ1v) is 8.12. The molecular weight excluding hydrogens is 331 g/mol. The third kappa shape index (κ3) is 3.17. The lowest BCUT2D eigenvalue weighted by Gasteiger charge is -2.06. The minimum absolute atomic E-state index is 0.136. The first-order valence-electron chi connectivity index (χ1n) is 8.12. The minimum atomic E-state index is -0.481. The quantitative estimate of drug-likeness (QED) is 0.610. The van der Waals surface area contributed by atoms with Crippen LogP contribution in [0.3, 0.4) is 0 Å². The number of pyridine rings is 1. The number of carbonyl (C=O) groups excluding carboxylic acids is 1. The van der Waals surface area contributed by atoms with Gasteiger partial charge < -0.3 is 5.32 Å². The van der Waals surface area contributed by atoms with Gasteiger partial charge in [-0.2, -0.15) is 5.10 Å². The number of hydrogen-bond donors (Lipinski definition) is 1. The number of aromatic nitrogens is 3. The van der Waals surface area contributed by atoms with Gasteiger partial charge in [0.2, 0.25) is 0 Å². The first kappa shape index (κ1) is 16.0. The van der Waals surface area contributed by atoms with Crippen LogP contribution in [0.1, 0.15) is 15.9 Å². The van der Waals surface area contributed by atoms with Crippen molar-refractivity contribution in [1.82, 2.24) is 14.8 Å². The Labute approximate surface area is 149 Å². The topological polar surface area (TPSA) is 59.8 Å². The minimum Gasteiger partial charge on any atom is -0.319 e. The molecule has 0 fully saturated rings. The second kappa shape index (κ2) is 6.76. The molecule has 0 radical (unpaired) electrons. The Morgan fingerprint density at radius 1 is 1.04 bits per heavy atom. The van der Waals surface area contributed by atoms with Crippen molar-refractivity contribution in [3.8, 4) is 0 Å². The number of benzene rings is 2. The molecule has 2 heterocycles. The lowest BCUT2D eigenvalue weighted by molar-refractivity contribution is 0.102. The van der Waals surface area contributed by atoms with Gasteiger partial charge in [-0.25, -0.2) is 14.1 Å². The number of nitrogens with one attached hydrogen (secondary N) is 1. The lowest BCUT2D eigenvalue weighted by atomic mass is 10.2. The van der Waals surface area contributed by atoms with Crippen molar-refractivity contribution in [3.63, 3.8) is 0 Å². The lowest BCUT2D eigenvalue weighted by Crippen LogP contribution is -2.13.